The maximum absolute atomic E-state index is 11.7. The van der Waals surface area contributed by atoms with Crippen LogP contribution >= 0.6 is 0 Å². The van der Waals surface area contributed by atoms with E-state index in [4.69, 9.17) is 0 Å². The van der Waals surface area contributed by atoms with Gasteiger partial charge < -0.3 is 15.4 Å². The molecule has 0 bridgehead atoms. The van der Waals surface area contributed by atoms with E-state index in [1.54, 1.807) is 24.3 Å². The Labute approximate surface area is 106 Å². The van der Waals surface area contributed by atoms with Crippen LogP contribution in [0.15, 0.2) is 48.7 Å². The monoisotopic (exact) mass is 244 g/mol. The van der Waals surface area contributed by atoms with Gasteiger partial charge in [0.05, 0.1) is 0 Å². The lowest BCUT2D eigenvalue weighted by Crippen LogP contribution is -2.31. The van der Waals surface area contributed by atoms with Gasteiger partial charge in [0.25, 0.3) is 5.91 Å². The molecule has 0 aliphatic carbocycles. The predicted octanol–water partition coefficient (Wildman–Crippen LogP) is 1.41. The van der Waals surface area contributed by atoms with Gasteiger partial charge in [0, 0.05) is 24.9 Å². The Hall–Kier alpha value is -2.07. The maximum Gasteiger partial charge on any atom is 0.253 e. The topological polar surface area (TPSA) is 65.1 Å². The SMILES string of the molecule is O=C(NCCc1ccc[nH]1)C(O)c1ccccc1. The van der Waals surface area contributed by atoms with Crippen molar-refractivity contribution in [1.82, 2.24) is 10.3 Å². The highest BCUT2D eigenvalue weighted by atomic mass is 16.3. The van der Waals surface area contributed by atoms with E-state index < -0.39 is 6.10 Å². The van der Waals surface area contributed by atoms with Crippen LogP contribution in [-0.4, -0.2) is 22.5 Å². The first kappa shape index (κ1) is 12.4. The van der Waals surface area contributed by atoms with Gasteiger partial charge in [-0.3, -0.25) is 4.79 Å². The molecular weight excluding hydrogens is 228 g/mol. The molecule has 0 saturated heterocycles. The molecule has 1 unspecified atom stereocenters. The molecule has 1 aromatic heterocycles. The average molecular weight is 244 g/mol. The minimum absolute atomic E-state index is 0.368. The molecule has 0 spiro atoms. The van der Waals surface area contributed by atoms with Gasteiger partial charge in [-0.2, -0.15) is 0 Å². The largest absolute Gasteiger partial charge is 0.378 e. The minimum Gasteiger partial charge on any atom is -0.378 e. The molecule has 94 valence electrons. The van der Waals surface area contributed by atoms with E-state index in [0.717, 1.165) is 12.1 Å². The second kappa shape index (κ2) is 6.02. The number of carbonyl (C=O) groups excluding carboxylic acids is 1. The molecule has 4 nitrogen and oxygen atoms in total. The van der Waals surface area contributed by atoms with E-state index in [9.17, 15) is 9.90 Å². The zero-order valence-corrected chi connectivity index (χ0v) is 9.97. The Morgan fingerprint density at radius 3 is 2.67 bits per heavy atom. The summed E-state index contributed by atoms with van der Waals surface area (Å²) in [5.41, 5.74) is 1.67. The number of amides is 1. The van der Waals surface area contributed by atoms with Crippen LogP contribution in [0.5, 0.6) is 0 Å². The molecule has 2 rings (SSSR count). The van der Waals surface area contributed by atoms with Crippen molar-refractivity contribution in [2.45, 2.75) is 12.5 Å². The third-order valence-corrected chi connectivity index (χ3v) is 2.72. The summed E-state index contributed by atoms with van der Waals surface area (Å²) in [4.78, 5) is 14.8. The minimum atomic E-state index is -1.10. The Morgan fingerprint density at radius 2 is 2.00 bits per heavy atom. The molecule has 0 saturated carbocycles. The molecule has 1 heterocycles. The number of nitrogens with one attached hydrogen (secondary N) is 2. The standard InChI is InChI=1S/C14H16N2O2/c17-13(11-5-2-1-3-6-11)14(18)16-10-8-12-7-4-9-15-12/h1-7,9,13,15,17H,8,10H2,(H,16,18). The molecule has 1 aromatic carbocycles. The van der Waals surface area contributed by atoms with Gasteiger partial charge >= 0.3 is 0 Å². The number of rotatable bonds is 5. The molecule has 18 heavy (non-hydrogen) atoms. The second-order valence-corrected chi connectivity index (χ2v) is 4.05. The quantitative estimate of drug-likeness (QED) is 0.744. The smallest absolute Gasteiger partial charge is 0.253 e. The lowest BCUT2D eigenvalue weighted by molar-refractivity contribution is -0.129. The van der Waals surface area contributed by atoms with Gasteiger partial charge in [0.1, 0.15) is 0 Å². The van der Waals surface area contributed by atoms with Crippen LogP contribution < -0.4 is 5.32 Å². The summed E-state index contributed by atoms with van der Waals surface area (Å²) < 4.78 is 0. The summed E-state index contributed by atoms with van der Waals surface area (Å²) in [6, 6.07) is 12.8. The van der Waals surface area contributed by atoms with Crippen molar-refractivity contribution in [1.29, 1.82) is 0 Å². The van der Waals surface area contributed by atoms with Crippen molar-refractivity contribution >= 4 is 5.91 Å². The van der Waals surface area contributed by atoms with E-state index in [-0.39, 0.29) is 5.91 Å². The fourth-order valence-corrected chi connectivity index (χ4v) is 1.73. The highest BCUT2D eigenvalue weighted by molar-refractivity contribution is 5.81. The van der Waals surface area contributed by atoms with Crippen molar-refractivity contribution in [3.63, 3.8) is 0 Å². The van der Waals surface area contributed by atoms with Gasteiger partial charge in [-0.05, 0) is 17.7 Å². The fourth-order valence-electron chi connectivity index (χ4n) is 1.73. The summed E-state index contributed by atoms with van der Waals surface area (Å²) in [6.07, 6.45) is 1.46. The molecule has 4 heteroatoms. The zero-order chi connectivity index (χ0) is 12.8. The van der Waals surface area contributed by atoms with Gasteiger partial charge in [-0.25, -0.2) is 0 Å². The molecule has 0 aliphatic rings. The van der Waals surface area contributed by atoms with Crippen LogP contribution in [-0.2, 0) is 11.2 Å². The van der Waals surface area contributed by atoms with Crippen LogP contribution in [0.2, 0.25) is 0 Å². The Kier molecular flexibility index (Phi) is 4.15. The fraction of sp³-hybridized carbons (Fsp3) is 0.214. The lowest BCUT2D eigenvalue weighted by atomic mass is 10.1. The number of aromatic amines is 1. The summed E-state index contributed by atoms with van der Waals surface area (Å²) in [5, 5.41) is 12.5. The third-order valence-electron chi connectivity index (χ3n) is 2.72. The lowest BCUT2D eigenvalue weighted by Gasteiger charge is -2.11. The first-order chi connectivity index (χ1) is 8.77. The van der Waals surface area contributed by atoms with E-state index >= 15 is 0 Å². The molecule has 0 fully saturated rings. The van der Waals surface area contributed by atoms with Crippen LogP contribution in [0.3, 0.4) is 0 Å². The molecule has 0 radical (unpaired) electrons. The number of hydrogen-bond donors (Lipinski definition) is 3. The van der Waals surface area contributed by atoms with Gasteiger partial charge in [-0.1, -0.05) is 30.3 Å². The van der Waals surface area contributed by atoms with E-state index in [0.29, 0.717) is 12.1 Å². The number of aliphatic hydroxyl groups is 1. The summed E-state index contributed by atoms with van der Waals surface area (Å²) >= 11 is 0. The maximum atomic E-state index is 11.7. The van der Waals surface area contributed by atoms with Gasteiger partial charge in [0.15, 0.2) is 6.10 Å². The van der Waals surface area contributed by atoms with Crippen LogP contribution in [0.1, 0.15) is 17.4 Å². The van der Waals surface area contributed by atoms with Crippen molar-refractivity contribution < 1.29 is 9.90 Å². The van der Waals surface area contributed by atoms with Crippen molar-refractivity contribution in [3.05, 3.63) is 59.9 Å². The first-order valence-corrected chi connectivity index (χ1v) is 5.90. The highest BCUT2D eigenvalue weighted by Gasteiger charge is 2.15. The third kappa shape index (κ3) is 3.21. The number of aliphatic hydroxyl groups excluding tert-OH is 1. The van der Waals surface area contributed by atoms with Crippen LogP contribution in [0, 0.1) is 0 Å². The van der Waals surface area contributed by atoms with E-state index in [2.05, 4.69) is 10.3 Å². The molecular formula is C14H16N2O2. The van der Waals surface area contributed by atoms with Crippen molar-refractivity contribution in [2.75, 3.05) is 6.54 Å². The van der Waals surface area contributed by atoms with E-state index in [1.807, 2.05) is 24.4 Å². The van der Waals surface area contributed by atoms with Crippen LogP contribution in [0.4, 0.5) is 0 Å². The molecule has 1 amide bonds. The molecule has 1 atom stereocenters. The Balaban J connectivity index is 1.81. The van der Waals surface area contributed by atoms with E-state index in [1.165, 1.54) is 0 Å². The van der Waals surface area contributed by atoms with Crippen LogP contribution in [0.25, 0.3) is 0 Å². The summed E-state index contributed by atoms with van der Waals surface area (Å²) in [7, 11) is 0. The number of benzene rings is 1. The van der Waals surface area contributed by atoms with Gasteiger partial charge in [-0.15, -0.1) is 0 Å². The molecule has 3 N–H and O–H groups in total. The highest BCUT2D eigenvalue weighted by Crippen LogP contribution is 2.11. The molecule has 0 aliphatic heterocycles. The predicted molar refractivity (Wildman–Crippen MR) is 68.9 cm³/mol. The number of aromatic nitrogens is 1. The zero-order valence-electron chi connectivity index (χ0n) is 9.97. The number of carbonyl (C=O) groups is 1. The Bertz CT molecular complexity index is 480. The van der Waals surface area contributed by atoms with Gasteiger partial charge in [0.2, 0.25) is 0 Å². The normalized spacial score (nSPS) is 12.1. The first-order valence-electron chi connectivity index (χ1n) is 5.90. The second-order valence-electron chi connectivity index (χ2n) is 4.05. The number of H-pyrrole nitrogens is 1. The summed E-state index contributed by atoms with van der Waals surface area (Å²) in [5.74, 6) is -0.368. The molecule has 2 aromatic rings. The average Bonchev–Trinajstić information content (AvgIpc) is 2.92. The number of hydrogen-bond acceptors (Lipinski definition) is 2. The Morgan fingerprint density at radius 1 is 1.22 bits per heavy atom. The summed E-state index contributed by atoms with van der Waals surface area (Å²) in [6.45, 7) is 0.503. The van der Waals surface area contributed by atoms with Crippen molar-refractivity contribution in [2.24, 2.45) is 0 Å². The van der Waals surface area contributed by atoms with Crippen molar-refractivity contribution in [3.8, 4) is 0 Å².